The Morgan fingerprint density at radius 3 is 2.86 bits per heavy atom. The number of carbonyl (C=O) groups is 2. The van der Waals surface area contributed by atoms with Gasteiger partial charge in [0.1, 0.15) is 5.25 Å². The molecule has 0 radical (unpaired) electrons. The number of aliphatic imine (C=N–C) groups is 1. The zero-order chi connectivity index (χ0) is 16.3. The molecule has 1 aromatic rings. The minimum Gasteiger partial charge on any atom is -0.326 e. The molecule has 1 heterocycles. The Kier molecular flexibility index (Phi) is 4.76. The number of nitro benzene ring substituents is 1. The lowest BCUT2D eigenvalue weighted by Crippen LogP contribution is -2.30. The number of thioether (sulfide) groups is 1. The first kappa shape index (κ1) is 16.0. The van der Waals surface area contributed by atoms with Crippen LogP contribution in [0.3, 0.4) is 0 Å². The van der Waals surface area contributed by atoms with Gasteiger partial charge >= 0.3 is 0 Å². The van der Waals surface area contributed by atoms with E-state index in [1.807, 2.05) is 0 Å². The van der Waals surface area contributed by atoms with E-state index in [1.54, 1.807) is 20.2 Å². The first-order valence-electron chi connectivity index (χ1n) is 6.37. The van der Waals surface area contributed by atoms with E-state index < -0.39 is 10.2 Å². The van der Waals surface area contributed by atoms with E-state index >= 15 is 0 Å². The van der Waals surface area contributed by atoms with Crippen molar-refractivity contribution in [2.45, 2.75) is 11.7 Å². The third-order valence-corrected chi connectivity index (χ3v) is 4.36. The molecule has 1 N–H and O–H groups in total. The molecule has 1 aliphatic rings. The number of rotatable bonds is 4. The number of benzene rings is 1. The lowest BCUT2D eigenvalue weighted by atomic mass is 10.2. The quantitative estimate of drug-likeness (QED) is 0.668. The molecule has 9 heteroatoms. The zero-order valence-electron chi connectivity index (χ0n) is 12.0. The number of amidine groups is 1. The van der Waals surface area contributed by atoms with Crippen molar-refractivity contribution >= 4 is 40.1 Å². The lowest BCUT2D eigenvalue weighted by Gasteiger charge is -2.09. The van der Waals surface area contributed by atoms with E-state index in [0.717, 1.165) is 0 Å². The van der Waals surface area contributed by atoms with Crippen LogP contribution in [0.25, 0.3) is 0 Å². The van der Waals surface area contributed by atoms with E-state index in [1.165, 1.54) is 34.9 Å². The molecule has 1 unspecified atom stereocenters. The van der Waals surface area contributed by atoms with Crippen molar-refractivity contribution in [1.82, 2.24) is 4.90 Å². The standard InChI is InChI=1S/C13H14N4O4S/c1-14-13-16(2)12(19)10(22-13)7-11(18)15-8-4-3-5-9(6-8)17(20)21/h3-6,10H,7H2,1-2H3,(H,15,18). The van der Waals surface area contributed by atoms with Crippen molar-refractivity contribution in [3.63, 3.8) is 0 Å². The molecule has 2 rings (SSSR count). The Morgan fingerprint density at radius 1 is 1.55 bits per heavy atom. The van der Waals surface area contributed by atoms with Gasteiger partial charge in [-0.25, -0.2) is 0 Å². The third kappa shape index (κ3) is 3.42. The predicted octanol–water partition coefficient (Wildman–Crippen LogP) is 1.48. The van der Waals surface area contributed by atoms with Crippen LogP contribution in [0.15, 0.2) is 29.3 Å². The maximum absolute atomic E-state index is 12.0. The monoisotopic (exact) mass is 322 g/mol. The fourth-order valence-corrected chi connectivity index (χ4v) is 3.08. The molecule has 0 spiro atoms. The smallest absolute Gasteiger partial charge is 0.271 e. The van der Waals surface area contributed by atoms with Crippen LogP contribution in [0.1, 0.15) is 6.42 Å². The van der Waals surface area contributed by atoms with Gasteiger partial charge in [0, 0.05) is 38.3 Å². The summed E-state index contributed by atoms with van der Waals surface area (Å²) >= 11 is 1.23. The number of nitrogens with zero attached hydrogens (tertiary/aromatic N) is 3. The van der Waals surface area contributed by atoms with Crippen LogP contribution in [0, 0.1) is 10.1 Å². The number of nitrogens with one attached hydrogen (secondary N) is 1. The average Bonchev–Trinajstić information content (AvgIpc) is 2.75. The lowest BCUT2D eigenvalue weighted by molar-refractivity contribution is -0.384. The summed E-state index contributed by atoms with van der Waals surface area (Å²) in [6, 6.07) is 5.65. The number of anilines is 1. The number of hydrogen-bond acceptors (Lipinski definition) is 6. The fourth-order valence-electron chi connectivity index (χ4n) is 1.98. The topological polar surface area (TPSA) is 105 Å². The van der Waals surface area contributed by atoms with Gasteiger partial charge in [0.05, 0.1) is 4.92 Å². The van der Waals surface area contributed by atoms with E-state index in [2.05, 4.69) is 10.3 Å². The number of hydrogen-bond donors (Lipinski definition) is 1. The van der Waals surface area contributed by atoms with Crippen LogP contribution in [0.4, 0.5) is 11.4 Å². The van der Waals surface area contributed by atoms with Gasteiger partial charge in [-0.15, -0.1) is 0 Å². The van der Waals surface area contributed by atoms with Crippen LogP contribution in [-0.2, 0) is 9.59 Å². The molecular formula is C13H14N4O4S. The Hall–Kier alpha value is -2.42. The Morgan fingerprint density at radius 2 is 2.27 bits per heavy atom. The molecule has 1 atom stereocenters. The summed E-state index contributed by atoms with van der Waals surface area (Å²) in [5.41, 5.74) is 0.219. The van der Waals surface area contributed by atoms with Crippen molar-refractivity contribution in [3.8, 4) is 0 Å². The maximum Gasteiger partial charge on any atom is 0.271 e. The third-order valence-electron chi connectivity index (χ3n) is 3.04. The van der Waals surface area contributed by atoms with Crippen molar-refractivity contribution in [1.29, 1.82) is 0 Å². The fraction of sp³-hybridized carbons (Fsp3) is 0.308. The van der Waals surface area contributed by atoms with Gasteiger partial charge < -0.3 is 5.32 Å². The van der Waals surface area contributed by atoms with Gasteiger partial charge in [-0.05, 0) is 6.07 Å². The summed E-state index contributed by atoms with van der Waals surface area (Å²) in [6.45, 7) is 0. The summed E-state index contributed by atoms with van der Waals surface area (Å²) in [5, 5.41) is 13.3. The normalized spacial score (nSPS) is 19.5. The van der Waals surface area contributed by atoms with Gasteiger partial charge in [-0.1, -0.05) is 17.8 Å². The molecule has 8 nitrogen and oxygen atoms in total. The number of carbonyl (C=O) groups excluding carboxylic acids is 2. The highest BCUT2D eigenvalue weighted by molar-refractivity contribution is 8.15. The molecule has 1 aromatic carbocycles. The first-order chi connectivity index (χ1) is 10.4. The molecular weight excluding hydrogens is 308 g/mol. The van der Waals surface area contributed by atoms with Crippen LogP contribution in [0.2, 0.25) is 0 Å². The van der Waals surface area contributed by atoms with E-state index in [4.69, 9.17) is 0 Å². The average molecular weight is 322 g/mol. The van der Waals surface area contributed by atoms with Gasteiger partial charge in [0.15, 0.2) is 5.17 Å². The van der Waals surface area contributed by atoms with Crippen molar-refractivity contribution in [3.05, 3.63) is 34.4 Å². The molecule has 1 aliphatic heterocycles. The van der Waals surface area contributed by atoms with Gasteiger partial charge in [0.2, 0.25) is 11.8 Å². The molecule has 0 aliphatic carbocycles. The van der Waals surface area contributed by atoms with E-state index in [9.17, 15) is 19.7 Å². The summed E-state index contributed by atoms with van der Waals surface area (Å²) in [7, 11) is 3.19. The highest BCUT2D eigenvalue weighted by Gasteiger charge is 2.36. The van der Waals surface area contributed by atoms with Crippen LogP contribution >= 0.6 is 11.8 Å². The number of amides is 2. The molecule has 2 amide bonds. The molecule has 1 saturated heterocycles. The molecule has 0 bridgehead atoms. The Bertz CT molecular complexity index is 661. The first-order valence-corrected chi connectivity index (χ1v) is 7.25. The van der Waals surface area contributed by atoms with Crippen molar-refractivity contribution in [2.75, 3.05) is 19.4 Å². The molecule has 0 aromatic heterocycles. The van der Waals surface area contributed by atoms with Crippen LogP contribution < -0.4 is 5.32 Å². The molecule has 1 fully saturated rings. The summed E-state index contributed by atoms with van der Waals surface area (Å²) in [6.07, 6.45) is -0.0183. The van der Waals surface area contributed by atoms with Gasteiger partial charge in [0.25, 0.3) is 5.69 Å². The Labute approximate surface area is 130 Å². The van der Waals surface area contributed by atoms with Crippen molar-refractivity contribution in [2.24, 2.45) is 4.99 Å². The predicted molar refractivity (Wildman–Crippen MR) is 83.9 cm³/mol. The summed E-state index contributed by atoms with van der Waals surface area (Å²) in [5.74, 6) is -0.558. The number of non-ortho nitro benzene ring substituents is 1. The molecule has 0 saturated carbocycles. The van der Waals surface area contributed by atoms with Gasteiger partial charge in [-0.3, -0.25) is 29.6 Å². The zero-order valence-corrected chi connectivity index (χ0v) is 12.8. The van der Waals surface area contributed by atoms with E-state index in [-0.39, 0.29) is 23.9 Å². The highest BCUT2D eigenvalue weighted by Crippen LogP contribution is 2.28. The van der Waals surface area contributed by atoms with Crippen molar-refractivity contribution < 1.29 is 14.5 Å². The summed E-state index contributed by atoms with van der Waals surface area (Å²) in [4.78, 5) is 39.5. The van der Waals surface area contributed by atoms with Gasteiger partial charge in [-0.2, -0.15) is 0 Å². The minimum atomic E-state index is -0.537. The second-order valence-corrected chi connectivity index (χ2v) is 5.74. The molecule has 22 heavy (non-hydrogen) atoms. The Balaban J connectivity index is 2.01. The second-order valence-electron chi connectivity index (χ2n) is 4.57. The van der Waals surface area contributed by atoms with E-state index in [0.29, 0.717) is 10.9 Å². The van der Waals surface area contributed by atoms with Crippen LogP contribution in [0.5, 0.6) is 0 Å². The SMILES string of the molecule is CN=C1SC(CC(=O)Nc2cccc([N+](=O)[O-])c2)C(=O)N1C. The number of nitro groups is 1. The highest BCUT2D eigenvalue weighted by atomic mass is 32.2. The largest absolute Gasteiger partial charge is 0.326 e. The van der Waals surface area contributed by atoms with Crippen LogP contribution in [-0.4, -0.2) is 46.2 Å². The minimum absolute atomic E-state index is 0.0183. The maximum atomic E-state index is 12.0. The summed E-state index contributed by atoms with van der Waals surface area (Å²) < 4.78 is 0. The molecule has 116 valence electrons. The second kappa shape index (κ2) is 6.56.